The van der Waals surface area contributed by atoms with E-state index in [1.807, 2.05) is 21.0 Å². The quantitative estimate of drug-likeness (QED) is 0.376. The molecule has 0 atom stereocenters. The van der Waals surface area contributed by atoms with Crippen molar-refractivity contribution < 1.29 is 18.0 Å². The Morgan fingerprint density at radius 3 is 2.48 bits per heavy atom. The lowest BCUT2D eigenvalue weighted by atomic mass is 10.0. The molecule has 0 aliphatic carbocycles. The average molecular weight is 547 g/mol. The van der Waals surface area contributed by atoms with Crippen molar-refractivity contribution in [3.05, 3.63) is 88.4 Å². The topological polar surface area (TPSA) is 66.3 Å². The standard InChI is InChI=1S/C30H29F3N6O/c1-20-4-5-23(14-22(20)6-7-24-16-34-18-28-27(24)17-35-38(28)3)29(40)36-26-13-21(12-25(15-26)30(31,32)33)19-39-10-8-37(2)9-11-39/h4-5,12-18H,8-11,19H2,1-3H3,(H,36,40). The van der Waals surface area contributed by atoms with Crippen LogP contribution in [0.4, 0.5) is 18.9 Å². The molecule has 3 heterocycles. The number of nitrogens with zero attached hydrogens (tertiary/aromatic N) is 5. The van der Waals surface area contributed by atoms with Gasteiger partial charge in [0.2, 0.25) is 0 Å². The zero-order chi connectivity index (χ0) is 28.4. The maximum absolute atomic E-state index is 13.7. The molecule has 0 radical (unpaired) electrons. The number of hydrogen-bond acceptors (Lipinski definition) is 5. The summed E-state index contributed by atoms with van der Waals surface area (Å²) >= 11 is 0. The van der Waals surface area contributed by atoms with Crippen LogP contribution in [0.5, 0.6) is 0 Å². The fourth-order valence-electron chi connectivity index (χ4n) is 4.68. The fraction of sp³-hybridized carbons (Fsp3) is 0.300. The minimum Gasteiger partial charge on any atom is -0.322 e. The summed E-state index contributed by atoms with van der Waals surface area (Å²) in [6.45, 7) is 5.51. The number of anilines is 1. The van der Waals surface area contributed by atoms with Crippen molar-refractivity contribution >= 4 is 22.5 Å². The van der Waals surface area contributed by atoms with Gasteiger partial charge in [0.05, 0.1) is 29.0 Å². The molecule has 2 aromatic carbocycles. The van der Waals surface area contributed by atoms with E-state index in [1.165, 1.54) is 0 Å². The molecule has 206 valence electrons. The van der Waals surface area contributed by atoms with E-state index in [-0.39, 0.29) is 5.69 Å². The Morgan fingerprint density at radius 2 is 1.73 bits per heavy atom. The molecule has 0 bridgehead atoms. The SMILES string of the molecule is Cc1ccc(C(=O)Nc2cc(CN3CCN(C)CC3)cc(C(F)(F)F)c2)cc1C#Cc1cncc2c1cnn2C. The Bertz CT molecular complexity index is 1620. The second-order valence-electron chi connectivity index (χ2n) is 10.1. The second kappa shape index (κ2) is 11.1. The van der Waals surface area contributed by atoms with Gasteiger partial charge in [-0.25, -0.2) is 0 Å². The minimum atomic E-state index is -4.53. The van der Waals surface area contributed by atoms with E-state index in [2.05, 4.69) is 37.0 Å². The summed E-state index contributed by atoms with van der Waals surface area (Å²) in [5.41, 5.74) is 3.17. The monoisotopic (exact) mass is 546 g/mol. The minimum absolute atomic E-state index is 0.103. The van der Waals surface area contributed by atoms with Gasteiger partial charge in [0.15, 0.2) is 0 Å². The zero-order valence-electron chi connectivity index (χ0n) is 22.5. The van der Waals surface area contributed by atoms with Crippen LogP contribution in [0.25, 0.3) is 10.9 Å². The van der Waals surface area contributed by atoms with Gasteiger partial charge in [-0.2, -0.15) is 18.3 Å². The molecule has 7 nitrogen and oxygen atoms in total. The van der Waals surface area contributed by atoms with Crippen LogP contribution in [-0.4, -0.2) is 63.7 Å². The predicted molar refractivity (Wildman–Crippen MR) is 148 cm³/mol. The van der Waals surface area contributed by atoms with Crippen molar-refractivity contribution in [2.45, 2.75) is 19.6 Å². The number of carbonyl (C=O) groups is 1. The van der Waals surface area contributed by atoms with Gasteiger partial charge in [-0.1, -0.05) is 17.9 Å². The Morgan fingerprint density at radius 1 is 0.975 bits per heavy atom. The largest absolute Gasteiger partial charge is 0.416 e. The summed E-state index contributed by atoms with van der Waals surface area (Å²) in [5.74, 6) is 5.72. The van der Waals surface area contributed by atoms with Gasteiger partial charge in [-0.3, -0.25) is 19.4 Å². The van der Waals surface area contributed by atoms with E-state index in [9.17, 15) is 18.0 Å². The Kier molecular flexibility index (Phi) is 7.61. The van der Waals surface area contributed by atoms with Crippen molar-refractivity contribution in [2.75, 3.05) is 38.5 Å². The molecule has 1 saturated heterocycles. The van der Waals surface area contributed by atoms with Crippen molar-refractivity contribution in [1.82, 2.24) is 24.6 Å². The summed E-state index contributed by atoms with van der Waals surface area (Å²) < 4.78 is 42.8. The lowest BCUT2D eigenvalue weighted by Gasteiger charge is -2.32. The number of piperazine rings is 1. The highest BCUT2D eigenvalue weighted by atomic mass is 19.4. The van der Waals surface area contributed by atoms with Gasteiger partial charge in [0.25, 0.3) is 5.91 Å². The molecule has 5 rings (SSSR count). The molecule has 1 fully saturated rings. The van der Waals surface area contributed by atoms with Gasteiger partial charge >= 0.3 is 6.18 Å². The van der Waals surface area contributed by atoms with E-state index in [0.29, 0.717) is 28.8 Å². The maximum atomic E-state index is 13.7. The van der Waals surface area contributed by atoms with Gasteiger partial charge in [-0.05, 0) is 55.4 Å². The Balaban J connectivity index is 1.39. The highest BCUT2D eigenvalue weighted by Gasteiger charge is 2.31. The van der Waals surface area contributed by atoms with Crippen LogP contribution in [0, 0.1) is 18.8 Å². The molecular weight excluding hydrogens is 517 g/mol. The second-order valence-corrected chi connectivity index (χ2v) is 10.1. The van der Waals surface area contributed by atoms with E-state index in [1.54, 1.807) is 47.5 Å². The first-order chi connectivity index (χ1) is 19.1. The zero-order valence-corrected chi connectivity index (χ0v) is 22.5. The number of aromatic nitrogens is 3. The van der Waals surface area contributed by atoms with E-state index < -0.39 is 17.6 Å². The molecule has 1 amide bonds. The first-order valence-electron chi connectivity index (χ1n) is 12.9. The number of aryl methyl sites for hydroxylation is 2. The van der Waals surface area contributed by atoms with Crippen LogP contribution < -0.4 is 5.32 Å². The number of benzene rings is 2. The highest BCUT2D eigenvalue weighted by molar-refractivity contribution is 6.04. The third-order valence-corrected chi connectivity index (χ3v) is 7.09. The molecule has 2 aromatic heterocycles. The van der Waals surface area contributed by atoms with Crippen molar-refractivity contribution in [1.29, 1.82) is 0 Å². The lowest BCUT2D eigenvalue weighted by molar-refractivity contribution is -0.137. The molecule has 10 heteroatoms. The normalized spacial score (nSPS) is 14.7. The summed E-state index contributed by atoms with van der Waals surface area (Å²) in [6, 6.07) is 8.80. The number of fused-ring (bicyclic) bond motifs is 1. The number of carbonyl (C=O) groups excluding carboxylic acids is 1. The molecule has 0 spiro atoms. The van der Waals surface area contributed by atoms with Gasteiger partial charge in [0, 0.05) is 68.2 Å². The number of nitrogens with one attached hydrogen (secondary N) is 1. The van der Waals surface area contributed by atoms with Crippen molar-refractivity contribution in [3.8, 4) is 11.8 Å². The number of pyridine rings is 1. The number of hydrogen-bond donors (Lipinski definition) is 1. The van der Waals surface area contributed by atoms with Gasteiger partial charge in [0.1, 0.15) is 0 Å². The van der Waals surface area contributed by atoms with Gasteiger partial charge < -0.3 is 10.2 Å². The van der Waals surface area contributed by atoms with Crippen LogP contribution in [0.1, 0.15) is 38.2 Å². The summed E-state index contributed by atoms with van der Waals surface area (Å²) in [5, 5.41) is 7.79. The molecule has 1 aliphatic rings. The van der Waals surface area contributed by atoms with Gasteiger partial charge in [-0.15, -0.1) is 0 Å². The predicted octanol–water partition coefficient (Wildman–Crippen LogP) is 4.70. The summed E-state index contributed by atoms with van der Waals surface area (Å²) in [4.78, 5) is 21.7. The summed E-state index contributed by atoms with van der Waals surface area (Å²) in [6.07, 6.45) is 0.575. The molecule has 4 aromatic rings. The van der Waals surface area contributed by atoms with Crippen molar-refractivity contribution in [2.24, 2.45) is 7.05 Å². The highest BCUT2D eigenvalue weighted by Crippen LogP contribution is 2.32. The molecule has 1 aliphatic heterocycles. The third kappa shape index (κ3) is 6.17. The number of alkyl halides is 3. The molecule has 0 saturated carbocycles. The van der Waals surface area contributed by atoms with E-state index in [4.69, 9.17) is 0 Å². The van der Waals surface area contributed by atoms with Crippen LogP contribution in [0.2, 0.25) is 0 Å². The first kappa shape index (κ1) is 27.4. The molecule has 1 N–H and O–H groups in total. The average Bonchev–Trinajstić information content (AvgIpc) is 3.30. The molecular formula is C30H29F3N6O. The van der Waals surface area contributed by atoms with E-state index in [0.717, 1.165) is 54.8 Å². The molecule has 0 unspecified atom stereocenters. The van der Waals surface area contributed by atoms with Crippen LogP contribution in [0.15, 0.2) is 55.0 Å². The number of amides is 1. The number of rotatable bonds is 4. The van der Waals surface area contributed by atoms with Crippen LogP contribution in [-0.2, 0) is 19.8 Å². The first-order valence-corrected chi connectivity index (χ1v) is 12.9. The Labute approximate surface area is 230 Å². The number of likely N-dealkylation sites (N-methyl/N-ethyl adjacent to an activating group) is 1. The summed E-state index contributed by atoms with van der Waals surface area (Å²) in [7, 11) is 3.85. The third-order valence-electron chi connectivity index (χ3n) is 7.09. The number of halogens is 3. The fourth-order valence-corrected chi connectivity index (χ4v) is 4.68. The Hall–Kier alpha value is -4.20. The maximum Gasteiger partial charge on any atom is 0.416 e. The van der Waals surface area contributed by atoms with Crippen LogP contribution in [0.3, 0.4) is 0 Å². The molecule has 40 heavy (non-hydrogen) atoms. The smallest absolute Gasteiger partial charge is 0.322 e. The van der Waals surface area contributed by atoms with Crippen LogP contribution >= 0.6 is 0 Å². The van der Waals surface area contributed by atoms with Crippen molar-refractivity contribution in [3.63, 3.8) is 0 Å². The lowest BCUT2D eigenvalue weighted by Crippen LogP contribution is -2.43. The van der Waals surface area contributed by atoms with E-state index >= 15 is 0 Å².